The van der Waals surface area contributed by atoms with Crippen molar-refractivity contribution in [2.75, 3.05) is 24.7 Å². The van der Waals surface area contributed by atoms with Gasteiger partial charge in [-0.3, -0.25) is 4.79 Å². The van der Waals surface area contributed by atoms with Gasteiger partial charge in [0.2, 0.25) is 0 Å². The summed E-state index contributed by atoms with van der Waals surface area (Å²) in [6.45, 7) is 2.92. The molecule has 1 heterocycles. The Morgan fingerprint density at radius 1 is 1.21 bits per heavy atom. The highest BCUT2D eigenvalue weighted by Gasteiger charge is 2.24. The molecule has 1 aliphatic heterocycles. The normalized spacial score (nSPS) is 12.4. The van der Waals surface area contributed by atoms with Crippen LogP contribution in [0.25, 0.3) is 0 Å². The Balaban J connectivity index is 1.70. The Morgan fingerprint density at radius 2 is 2.04 bits per heavy atom. The van der Waals surface area contributed by atoms with E-state index in [1.54, 1.807) is 23.1 Å². The van der Waals surface area contributed by atoms with Crippen LogP contribution in [-0.4, -0.2) is 25.7 Å². The average molecular weight is 322 g/mol. The molecule has 0 bridgehead atoms. The zero-order valence-electron chi connectivity index (χ0n) is 13.5. The second-order valence-electron chi connectivity index (χ2n) is 5.42. The van der Waals surface area contributed by atoms with Crippen molar-refractivity contribution < 1.29 is 14.3 Å². The van der Waals surface area contributed by atoms with E-state index in [-0.39, 0.29) is 12.5 Å². The van der Waals surface area contributed by atoms with Crippen LogP contribution in [0.3, 0.4) is 0 Å². The van der Waals surface area contributed by atoms with Crippen molar-refractivity contribution >= 4 is 11.6 Å². The number of carbonyl (C=O) groups is 1. The molecule has 0 saturated carbocycles. The summed E-state index contributed by atoms with van der Waals surface area (Å²) in [4.78, 5) is 14.2. The molecule has 24 heavy (non-hydrogen) atoms. The highest BCUT2D eigenvalue weighted by molar-refractivity contribution is 5.96. The number of anilines is 1. The van der Waals surface area contributed by atoms with Gasteiger partial charge < -0.3 is 14.4 Å². The number of fused-ring (bicyclic) bond motifs is 1. The van der Waals surface area contributed by atoms with Crippen LogP contribution in [0.15, 0.2) is 42.5 Å². The molecular formula is C19H18N2O3. The van der Waals surface area contributed by atoms with Gasteiger partial charge in [-0.15, -0.1) is 0 Å². The molecule has 0 fully saturated rings. The molecule has 5 heteroatoms. The number of nitriles is 1. The molecule has 0 spiro atoms. The fourth-order valence-corrected chi connectivity index (χ4v) is 2.78. The molecule has 3 rings (SSSR count). The first kappa shape index (κ1) is 15.9. The predicted molar refractivity (Wildman–Crippen MR) is 90.3 cm³/mol. The monoisotopic (exact) mass is 322 g/mol. The summed E-state index contributed by atoms with van der Waals surface area (Å²) in [5.41, 5.74) is 2.63. The van der Waals surface area contributed by atoms with Crippen LogP contribution < -0.4 is 14.4 Å². The van der Waals surface area contributed by atoms with E-state index in [4.69, 9.17) is 14.7 Å². The van der Waals surface area contributed by atoms with E-state index in [0.717, 1.165) is 12.1 Å². The number of hydrogen-bond donors (Lipinski definition) is 0. The van der Waals surface area contributed by atoms with E-state index in [1.165, 1.54) is 5.56 Å². The smallest absolute Gasteiger partial charge is 0.264 e. The number of nitrogens with zero attached hydrogens (tertiary/aromatic N) is 2. The SMILES string of the molecule is CCOc1cc(C#N)ccc1OCC(=O)N1CCc2ccccc21. The lowest BCUT2D eigenvalue weighted by Gasteiger charge is -2.18. The predicted octanol–water partition coefficient (Wildman–Crippen LogP) is 2.93. The van der Waals surface area contributed by atoms with Crippen LogP contribution in [0.2, 0.25) is 0 Å². The molecule has 0 N–H and O–H groups in total. The van der Waals surface area contributed by atoms with E-state index in [1.807, 2.05) is 31.2 Å². The van der Waals surface area contributed by atoms with Gasteiger partial charge in [0.15, 0.2) is 18.1 Å². The summed E-state index contributed by atoms with van der Waals surface area (Å²) in [6, 6.07) is 14.9. The van der Waals surface area contributed by atoms with Gasteiger partial charge in [0.25, 0.3) is 5.91 Å². The van der Waals surface area contributed by atoms with Gasteiger partial charge >= 0.3 is 0 Å². The maximum atomic E-state index is 12.5. The Hall–Kier alpha value is -3.00. The number of hydrogen-bond acceptors (Lipinski definition) is 4. The van der Waals surface area contributed by atoms with Crippen LogP contribution in [0.1, 0.15) is 18.1 Å². The Labute approximate surface area is 141 Å². The average Bonchev–Trinajstić information content (AvgIpc) is 3.04. The van der Waals surface area contributed by atoms with Gasteiger partial charge in [-0.1, -0.05) is 18.2 Å². The Morgan fingerprint density at radius 3 is 2.83 bits per heavy atom. The highest BCUT2D eigenvalue weighted by Crippen LogP contribution is 2.30. The van der Waals surface area contributed by atoms with Crippen LogP contribution in [0.5, 0.6) is 11.5 Å². The number of carbonyl (C=O) groups excluding carboxylic acids is 1. The quantitative estimate of drug-likeness (QED) is 0.849. The van der Waals surface area contributed by atoms with Crippen molar-refractivity contribution in [2.45, 2.75) is 13.3 Å². The number of rotatable bonds is 5. The topological polar surface area (TPSA) is 62.6 Å². The van der Waals surface area contributed by atoms with E-state index in [2.05, 4.69) is 6.07 Å². The number of benzene rings is 2. The summed E-state index contributed by atoms with van der Waals surface area (Å²) in [5.74, 6) is 0.856. The van der Waals surface area contributed by atoms with Gasteiger partial charge in [0.1, 0.15) is 0 Å². The second kappa shape index (κ2) is 7.05. The number of para-hydroxylation sites is 1. The van der Waals surface area contributed by atoms with Crippen LogP contribution in [-0.2, 0) is 11.2 Å². The fraction of sp³-hybridized carbons (Fsp3) is 0.263. The van der Waals surface area contributed by atoms with E-state index >= 15 is 0 Å². The minimum absolute atomic E-state index is 0.0691. The van der Waals surface area contributed by atoms with Gasteiger partial charge in [-0.25, -0.2) is 0 Å². The molecule has 0 atom stereocenters. The Kier molecular flexibility index (Phi) is 4.66. The lowest BCUT2D eigenvalue weighted by molar-refractivity contribution is -0.120. The number of amides is 1. The molecule has 2 aromatic carbocycles. The molecular weight excluding hydrogens is 304 g/mol. The molecule has 1 aliphatic rings. The third-order valence-corrected chi connectivity index (χ3v) is 3.91. The third-order valence-electron chi connectivity index (χ3n) is 3.91. The Bertz CT molecular complexity index is 795. The molecule has 0 saturated heterocycles. The van der Waals surface area contributed by atoms with E-state index < -0.39 is 0 Å². The summed E-state index contributed by atoms with van der Waals surface area (Å²) in [7, 11) is 0. The summed E-state index contributed by atoms with van der Waals surface area (Å²) >= 11 is 0. The standard InChI is InChI=1S/C19H18N2O3/c1-2-23-18-11-14(12-20)7-8-17(18)24-13-19(22)21-10-9-15-5-3-4-6-16(15)21/h3-8,11H,2,9-10,13H2,1H3. The van der Waals surface area contributed by atoms with Gasteiger partial charge in [-0.05, 0) is 37.1 Å². The summed E-state index contributed by atoms with van der Waals surface area (Å²) in [5, 5.41) is 8.97. The second-order valence-corrected chi connectivity index (χ2v) is 5.42. The first-order valence-corrected chi connectivity index (χ1v) is 7.91. The first-order chi connectivity index (χ1) is 11.7. The first-order valence-electron chi connectivity index (χ1n) is 7.91. The minimum atomic E-state index is -0.0910. The highest BCUT2D eigenvalue weighted by atomic mass is 16.5. The zero-order chi connectivity index (χ0) is 16.9. The largest absolute Gasteiger partial charge is 0.490 e. The molecule has 0 radical (unpaired) electrons. The lowest BCUT2D eigenvalue weighted by Crippen LogP contribution is -2.33. The maximum absolute atomic E-state index is 12.5. The van der Waals surface area contributed by atoms with Crippen molar-refractivity contribution in [3.63, 3.8) is 0 Å². The van der Waals surface area contributed by atoms with Crippen LogP contribution >= 0.6 is 0 Å². The van der Waals surface area contributed by atoms with Gasteiger partial charge in [0, 0.05) is 18.3 Å². The minimum Gasteiger partial charge on any atom is -0.490 e. The lowest BCUT2D eigenvalue weighted by atomic mass is 10.2. The van der Waals surface area contributed by atoms with Gasteiger partial charge in [0.05, 0.1) is 18.2 Å². The molecule has 1 amide bonds. The van der Waals surface area contributed by atoms with Crippen molar-refractivity contribution in [3.05, 3.63) is 53.6 Å². The van der Waals surface area contributed by atoms with Crippen LogP contribution in [0.4, 0.5) is 5.69 Å². The van der Waals surface area contributed by atoms with Crippen molar-refractivity contribution in [1.82, 2.24) is 0 Å². The molecule has 0 aliphatic carbocycles. The van der Waals surface area contributed by atoms with Crippen LogP contribution in [0, 0.1) is 11.3 Å². The van der Waals surface area contributed by atoms with Gasteiger partial charge in [-0.2, -0.15) is 5.26 Å². The van der Waals surface area contributed by atoms with Crippen molar-refractivity contribution in [1.29, 1.82) is 5.26 Å². The molecule has 0 unspecified atom stereocenters. The zero-order valence-corrected chi connectivity index (χ0v) is 13.5. The summed E-state index contributed by atoms with van der Waals surface area (Å²) in [6.07, 6.45) is 0.864. The summed E-state index contributed by atoms with van der Waals surface area (Å²) < 4.78 is 11.1. The van der Waals surface area contributed by atoms with Crippen molar-refractivity contribution in [3.8, 4) is 17.6 Å². The van der Waals surface area contributed by atoms with E-state index in [0.29, 0.717) is 30.2 Å². The van der Waals surface area contributed by atoms with E-state index in [9.17, 15) is 4.79 Å². The molecule has 0 aromatic heterocycles. The molecule has 2 aromatic rings. The maximum Gasteiger partial charge on any atom is 0.264 e. The fourth-order valence-electron chi connectivity index (χ4n) is 2.78. The van der Waals surface area contributed by atoms with Crippen molar-refractivity contribution in [2.24, 2.45) is 0 Å². The third kappa shape index (κ3) is 3.18. The number of ether oxygens (including phenoxy) is 2. The molecule has 5 nitrogen and oxygen atoms in total. The molecule has 122 valence electrons.